The molecule has 3 aromatic rings. The maximum absolute atomic E-state index is 13.0. The third kappa shape index (κ3) is 2.45. The number of aryl methyl sites for hydroxylation is 1. The Bertz CT molecular complexity index is 1110. The van der Waals surface area contributed by atoms with Gasteiger partial charge in [0.15, 0.2) is 0 Å². The van der Waals surface area contributed by atoms with Gasteiger partial charge in [-0.2, -0.15) is 5.10 Å². The summed E-state index contributed by atoms with van der Waals surface area (Å²) in [4.78, 5) is 26.8. The van der Waals surface area contributed by atoms with E-state index in [1.54, 1.807) is 24.3 Å². The average Bonchev–Trinajstić information content (AvgIpc) is 2.68. The second kappa shape index (κ2) is 6.27. The van der Waals surface area contributed by atoms with Crippen LogP contribution in [0.25, 0.3) is 10.9 Å². The Balaban J connectivity index is 1.83. The van der Waals surface area contributed by atoms with Crippen LogP contribution in [0.1, 0.15) is 22.8 Å². The van der Waals surface area contributed by atoms with Gasteiger partial charge in [-0.05, 0) is 30.1 Å². The zero-order valence-corrected chi connectivity index (χ0v) is 14.2. The lowest BCUT2D eigenvalue weighted by atomic mass is 9.69. The Morgan fingerprint density at radius 1 is 1.15 bits per heavy atom. The second-order valence-corrected chi connectivity index (χ2v) is 6.07. The molecule has 0 radical (unpaired) electrons. The van der Waals surface area contributed by atoms with Gasteiger partial charge in [-0.1, -0.05) is 36.4 Å². The highest BCUT2D eigenvalue weighted by atomic mass is 16.2. The summed E-state index contributed by atoms with van der Waals surface area (Å²) in [6.07, 6.45) is 3.05. The number of amides is 1. The van der Waals surface area contributed by atoms with Crippen LogP contribution in [0, 0.1) is 0 Å². The molecule has 0 atom stereocenters. The van der Waals surface area contributed by atoms with Crippen molar-refractivity contribution in [1.82, 2.24) is 9.49 Å². The molecule has 1 N–H and O–H groups in total. The minimum Gasteiger partial charge on any atom is -0.427 e. The Morgan fingerprint density at radius 2 is 1.88 bits per heavy atom. The van der Waals surface area contributed by atoms with Crippen LogP contribution in [-0.4, -0.2) is 33.7 Å². The summed E-state index contributed by atoms with van der Waals surface area (Å²) in [5, 5.41) is 15.1. The average molecular weight is 345 g/mol. The van der Waals surface area contributed by atoms with Crippen molar-refractivity contribution in [1.29, 1.82) is 0 Å². The largest absolute Gasteiger partial charge is 0.474 e. The van der Waals surface area contributed by atoms with Crippen LogP contribution in [0.15, 0.2) is 64.6 Å². The predicted molar refractivity (Wildman–Crippen MR) is 102 cm³/mol. The summed E-state index contributed by atoms with van der Waals surface area (Å²) in [7, 11) is -1.23. The minimum atomic E-state index is -1.23. The smallest absolute Gasteiger partial charge is 0.427 e. The quantitative estimate of drug-likeness (QED) is 0.709. The SMILES string of the molecule is CCn1cc(C(=O)N2N=Cc3ccccc3B2O)c(=O)c2ccccc21. The lowest BCUT2D eigenvalue weighted by molar-refractivity contribution is 0.0844. The van der Waals surface area contributed by atoms with Gasteiger partial charge in [0.2, 0.25) is 5.43 Å². The molecule has 2 aromatic carbocycles. The highest BCUT2D eigenvalue weighted by molar-refractivity contribution is 6.68. The third-order valence-corrected chi connectivity index (χ3v) is 4.59. The number of hydrazone groups is 1. The Labute approximate surface area is 150 Å². The summed E-state index contributed by atoms with van der Waals surface area (Å²) in [6.45, 7) is 2.55. The summed E-state index contributed by atoms with van der Waals surface area (Å²) in [6, 6.07) is 14.3. The molecule has 1 aliphatic heterocycles. The monoisotopic (exact) mass is 345 g/mol. The molecule has 0 fully saturated rings. The highest BCUT2D eigenvalue weighted by Gasteiger charge is 2.35. The van der Waals surface area contributed by atoms with E-state index in [1.165, 1.54) is 12.4 Å². The molecular formula is C19H16BN3O3. The molecule has 6 nitrogen and oxygen atoms in total. The van der Waals surface area contributed by atoms with Crippen molar-refractivity contribution >= 4 is 35.5 Å². The van der Waals surface area contributed by atoms with Crippen molar-refractivity contribution in [2.75, 3.05) is 0 Å². The number of pyridine rings is 1. The first-order valence-electron chi connectivity index (χ1n) is 8.38. The van der Waals surface area contributed by atoms with Crippen LogP contribution in [-0.2, 0) is 6.54 Å². The van der Waals surface area contributed by atoms with E-state index < -0.39 is 13.0 Å². The molecule has 7 heteroatoms. The zero-order chi connectivity index (χ0) is 18.3. The Kier molecular flexibility index (Phi) is 3.93. The van der Waals surface area contributed by atoms with Gasteiger partial charge < -0.3 is 9.59 Å². The summed E-state index contributed by atoms with van der Waals surface area (Å²) in [5.74, 6) is -0.624. The lowest BCUT2D eigenvalue weighted by Gasteiger charge is -2.25. The maximum Gasteiger partial charge on any atom is 0.474 e. The van der Waals surface area contributed by atoms with Crippen molar-refractivity contribution in [3.63, 3.8) is 0 Å². The van der Waals surface area contributed by atoms with Crippen LogP contribution in [0.2, 0.25) is 0 Å². The fourth-order valence-electron chi connectivity index (χ4n) is 3.23. The number of benzene rings is 2. The van der Waals surface area contributed by atoms with Crippen LogP contribution in [0.4, 0.5) is 0 Å². The normalized spacial score (nSPS) is 13.2. The van der Waals surface area contributed by atoms with Gasteiger partial charge in [0.1, 0.15) is 5.56 Å². The molecule has 0 aliphatic carbocycles. The van der Waals surface area contributed by atoms with Gasteiger partial charge in [0.05, 0.1) is 11.7 Å². The Hall–Kier alpha value is -3.19. The molecule has 2 heterocycles. The van der Waals surface area contributed by atoms with Crippen molar-refractivity contribution in [3.05, 3.63) is 76.1 Å². The van der Waals surface area contributed by atoms with E-state index in [2.05, 4.69) is 5.10 Å². The first-order chi connectivity index (χ1) is 12.6. The number of aromatic nitrogens is 1. The number of para-hydroxylation sites is 1. The molecular weight excluding hydrogens is 329 g/mol. The number of carbonyl (C=O) groups excluding carboxylic acids is 1. The molecule has 1 amide bonds. The first-order valence-corrected chi connectivity index (χ1v) is 8.38. The molecule has 4 rings (SSSR count). The van der Waals surface area contributed by atoms with Crippen molar-refractivity contribution in [3.8, 4) is 0 Å². The van der Waals surface area contributed by atoms with Crippen LogP contribution in [0.5, 0.6) is 0 Å². The molecule has 1 aliphatic rings. The highest BCUT2D eigenvalue weighted by Crippen LogP contribution is 2.15. The second-order valence-electron chi connectivity index (χ2n) is 6.07. The van der Waals surface area contributed by atoms with Gasteiger partial charge in [-0.15, -0.1) is 0 Å². The van der Waals surface area contributed by atoms with Crippen LogP contribution >= 0.6 is 0 Å². The molecule has 128 valence electrons. The molecule has 26 heavy (non-hydrogen) atoms. The fraction of sp³-hybridized carbons (Fsp3) is 0.105. The predicted octanol–water partition coefficient (Wildman–Crippen LogP) is 1.20. The number of nitrogens with zero attached hydrogens (tertiary/aromatic N) is 3. The first kappa shape index (κ1) is 16.3. The van der Waals surface area contributed by atoms with E-state index in [0.29, 0.717) is 17.4 Å². The topological polar surface area (TPSA) is 74.9 Å². The third-order valence-electron chi connectivity index (χ3n) is 4.59. The van der Waals surface area contributed by atoms with Crippen LogP contribution < -0.4 is 10.9 Å². The number of carbonyl (C=O) groups is 1. The van der Waals surface area contributed by atoms with E-state index in [9.17, 15) is 14.6 Å². The van der Waals surface area contributed by atoms with Crippen LogP contribution in [0.3, 0.4) is 0 Å². The molecule has 0 spiro atoms. The fourth-order valence-corrected chi connectivity index (χ4v) is 3.23. The maximum atomic E-state index is 13.0. The van der Waals surface area contributed by atoms with E-state index in [0.717, 1.165) is 16.0 Å². The van der Waals surface area contributed by atoms with E-state index in [4.69, 9.17) is 0 Å². The van der Waals surface area contributed by atoms with Gasteiger partial charge in [-0.3, -0.25) is 9.59 Å². The van der Waals surface area contributed by atoms with Gasteiger partial charge in [-0.25, -0.2) is 4.92 Å². The van der Waals surface area contributed by atoms with Gasteiger partial charge >= 0.3 is 7.05 Å². The molecule has 0 saturated carbocycles. The van der Waals surface area contributed by atoms with Crippen molar-refractivity contribution in [2.45, 2.75) is 13.5 Å². The molecule has 1 aromatic heterocycles. The zero-order valence-electron chi connectivity index (χ0n) is 14.2. The van der Waals surface area contributed by atoms with Gasteiger partial charge in [0, 0.05) is 18.1 Å². The standard InChI is InChI=1S/C19H16BN3O3/c1-2-22-12-15(18(24)14-8-4-6-10-17(14)22)19(25)23-20(26)16-9-5-3-7-13(16)11-21-23/h3-12,26H,2H2,1H3. The van der Waals surface area contributed by atoms with E-state index >= 15 is 0 Å². The minimum absolute atomic E-state index is 0.0128. The summed E-state index contributed by atoms with van der Waals surface area (Å²) < 4.78 is 1.85. The lowest BCUT2D eigenvalue weighted by Crippen LogP contribution is -2.53. The number of rotatable bonds is 2. The van der Waals surface area contributed by atoms with Crippen molar-refractivity contribution in [2.24, 2.45) is 5.10 Å². The van der Waals surface area contributed by atoms with E-state index in [-0.39, 0.29) is 11.0 Å². The summed E-state index contributed by atoms with van der Waals surface area (Å²) >= 11 is 0. The van der Waals surface area contributed by atoms with Crippen molar-refractivity contribution < 1.29 is 9.82 Å². The molecule has 0 bridgehead atoms. The number of fused-ring (bicyclic) bond motifs is 2. The molecule has 0 saturated heterocycles. The number of hydrogen-bond acceptors (Lipinski definition) is 4. The van der Waals surface area contributed by atoms with E-state index in [1.807, 2.05) is 35.8 Å². The molecule has 0 unspecified atom stereocenters. The van der Waals surface area contributed by atoms with Gasteiger partial charge in [0.25, 0.3) is 5.91 Å². The number of hydrogen-bond donors (Lipinski definition) is 1. The Morgan fingerprint density at radius 3 is 2.69 bits per heavy atom. The summed E-state index contributed by atoms with van der Waals surface area (Å²) in [5.41, 5.74) is 1.71.